The van der Waals surface area contributed by atoms with Gasteiger partial charge in [-0.05, 0) is 30.7 Å². The highest BCUT2D eigenvalue weighted by molar-refractivity contribution is 7.09. The van der Waals surface area contributed by atoms with E-state index < -0.39 is 0 Å². The fourth-order valence-electron chi connectivity index (χ4n) is 2.03. The van der Waals surface area contributed by atoms with Gasteiger partial charge in [-0.2, -0.15) is 0 Å². The molecule has 4 heteroatoms. The predicted molar refractivity (Wildman–Crippen MR) is 70.2 cm³/mol. The van der Waals surface area contributed by atoms with Crippen LogP contribution in [-0.2, 0) is 13.0 Å². The second-order valence-corrected chi connectivity index (χ2v) is 5.56. The first-order valence-corrected chi connectivity index (χ1v) is 7.05. The van der Waals surface area contributed by atoms with Crippen LogP contribution >= 0.6 is 11.3 Å². The first kappa shape index (κ1) is 11.0. The molecule has 0 aromatic carbocycles. The number of aromatic nitrogens is 2. The van der Waals surface area contributed by atoms with Crippen LogP contribution in [-0.4, -0.2) is 16.1 Å². The molecule has 0 aliphatic heterocycles. The van der Waals surface area contributed by atoms with Crippen LogP contribution in [0.3, 0.4) is 0 Å². The van der Waals surface area contributed by atoms with Crippen molar-refractivity contribution in [2.45, 2.75) is 31.8 Å². The first-order chi connectivity index (χ1) is 8.43. The molecule has 3 rings (SSSR count). The van der Waals surface area contributed by atoms with Crippen LogP contribution < -0.4 is 5.32 Å². The van der Waals surface area contributed by atoms with Gasteiger partial charge in [0.05, 0.1) is 12.0 Å². The van der Waals surface area contributed by atoms with Crippen LogP contribution in [0.5, 0.6) is 0 Å². The Labute approximate surface area is 106 Å². The standard InChI is InChI=1S/C13H17N3S/c1-2-13(17-7-1)5-6-14-8-12-9-15-10-16(12)11-3-4-11/h1-2,7,9-11,14H,3-6,8H2. The smallest absolute Gasteiger partial charge is 0.0951 e. The molecule has 0 saturated heterocycles. The van der Waals surface area contributed by atoms with E-state index in [-0.39, 0.29) is 0 Å². The molecule has 2 aromatic heterocycles. The van der Waals surface area contributed by atoms with Crippen molar-refractivity contribution in [2.75, 3.05) is 6.54 Å². The highest BCUT2D eigenvalue weighted by Crippen LogP contribution is 2.35. The van der Waals surface area contributed by atoms with Crippen molar-refractivity contribution >= 4 is 11.3 Å². The summed E-state index contributed by atoms with van der Waals surface area (Å²) >= 11 is 1.83. The first-order valence-electron chi connectivity index (χ1n) is 6.17. The molecule has 0 atom stereocenters. The molecule has 1 aliphatic carbocycles. The van der Waals surface area contributed by atoms with Crippen LogP contribution in [0.15, 0.2) is 30.0 Å². The van der Waals surface area contributed by atoms with E-state index in [0.29, 0.717) is 0 Å². The van der Waals surface area contributed by atoms with Gasteiger partial charge in [-0.3, -0.25) is 0 Å². The third-order valence-corrected chi connectivity index (χ3v) is 4.06. The van der Waals surface area contributed by atoms with Crippen molar-refractivity contribution in [1.82, 2.24) is 14.9 Å². The van der Waals surface area contributed by atoms with Gasteiger partial charge in [0, 0.05) is 30.2 Å². The minimum Gasteiger partial charge on any atom is -0.330 e. The maximum atomic E-state index is 4.24. The molecule has 1 aliphatic rings. The Morgan fingerprint density at radius 1 is 1.47 bits per heavy atom. The zero-order valence-electron chi connectivity index (χ0n) is 9.80. The molecule has 0 amide bonds. The Hall–Kier alpha value is -1.13. The van der Waals surface area contributed by atoms with Gasteiger partial charge in [0.15, 0.2) is 0 Å². The van der Waals surface area contributed by atoms with Gasteiger partial charge in [0.1, 0.15) is 0 Å². The predicted octanol–water partition coefficient (Wildman–Crippen LogP) is 2.61. The number of thiophene rings is 1. The molecule has 1 fully saturated rings. The van der Waals surface area contributed by atoms with Gasteiger partial charge in [-0.25, -0.2) is 4.98 Å². The second kappa shape index (κ2) is 5.02. The fourth-order valence-corrected chi connectivity index (χ4v) is 2.74. The Kier molecular flexibility index (Phi) is 3.25. The summed E-state index contributed by atoms with van der Waals surface area (Å²) in [6.45, 7) is 1.97. The molecule has 1 saturated carbocycles. The molecule has 0 spiro atoms. The molecular formula is C13H17N3S. The Morgan fingerprint density at radius 2 is 2.41 bits per heavy atom. The van der Waals surface area contributed by atoms with E-state index in [2.05, 4.69) is 32.4 Å². The van der Waals surface area contributed by atoms with Crippen molar-refractivity contribution in [3.63, 3.8) is 0 Å². The third-order valence-electron chi connectivity index (χ3n) is 3.12. The van der Waals surface area contributed by atoms with Gasteiger partial charge < -0.3 is 9.88 Å². The Morgan fingerprint density at radius 3 is 3.18 bits per heavy atom. The molecule has 2 aromatic rings. The van der Waals surface area contributed by atoms with Crippen molar-refractivity contribution in [3.05, 3.63) is 40.6 Å². The zero-order chi connectivity index (χ0) is 11.5. The molecule has 17 heavy (non-hydrogen) atoms. The van der Waals surface area contributed by atoms with E-state index in [1.165, 1.54) is 23.4 Å². The highest BCUT2D eigenvalue weighted by atomic mass is 32.1. The van der Waals surface area contributed by atoms with E-state index in [0.717, 1.165) is 25.6 Å². The molecule has 0 bridgehead atoms. The summed E-state index contributed by atoms with van der Waals surface area (Å²) in [5.41, 5.74) is 1.32. The Balaban J connectivity index is 1.46. The molecule has 0 radical (unpaired) electrons. The summed E-state index contributed by atoms with van der Waals surface area (Å²) in [5.74, 6) is 0. The number of nitrogens with zero attached hydrogens (tertiary/aromatic N) is 2. The third kappa shape index (κ3) is 2.76. The molecule has 1 N–H and O–H groups in total. The molecule has 90 valence electrons. The lowest BCUT2D eigenvalue weighted by Gasteiger charge is -2.07. The molecule has 0 unspecified atom stereocenters. The van der Waals surface area contributed by atoms with Crippen LogP contribution in [0.2, 0.25) is 0 Å². The van der Waals surface area contributed by atoms with Crippen molar-refractivity contribution < 1.29 is 0 Å². The van der Waals surface area contributed by atoms with Gasteiger partial charge in [0.25, 0.3) is 0 Å². The number of imidazole rings is 1. The normalized spacial score (nSPS) is 15.3. The molecule has 2 heterocycles. The number of nitrogens with one attached hydrogen (secondary N) is 1. The number of rotatable bonds is 6. The lowest BCUT2D eigenvalue weighted by molar-refractivity contribution is 0.622. The average molecular weight is 247 g/mol. The van der Waals surface area contributed by atoms with Crippen LogP contribution in [0.25, 0.3) is 0 Å². The highest BCUT2D eigenvalue weighted by Gasteiger charge is 2.24. The minimum atomic E-state index is 0.728. The van der Waals surface area contributed by atoms with E-state index >= 15 is 0 Å². The van der Waals surface area contributed by atoms with E-state index in [4.69, 9.17) is 0 Å². The van der Waals surface area contributed by atoms with Crippen LogP contribution in [0.1, 0.15) is 29.5 Å². The summed E-state index contributed by atoms with van der Waals surface area (Å²) < 4.78 is 2.32. The summed E-state index contributed by atoms with van der Waals surface area (Å²) in [7, 11) is 0. The van der Waals surface area contributed by atoms with Gasteiger partial charge >= 0.3 is 0 Å². The van der Waals surface area contributed by atoms with Gasteiger partial charge in [-0.1, -0.05) is 6.07 Å². The lowest BCUT2D eigenvalue weighted by Crippen LogP contribution is -2.18. The maximum absolute atomic E-state index is 4.24. The van der Waals surface area contributed by atoms with Crippen molar-refractivity contribution in [2.24, 2.45) is 0 Å². The topological polar surface area (TPSA) is 29.9 Å². The quantitative estimate of drug-likeness (QED) is 0.795. The second-order valence-electron chi connectivity index (χ2n) is 4.53. The lowest BCUT2D eigenvalue weighted by atomic mass is 10.3. The van der Waals surface area contributed by atoms with Gasteiger partial charge in [0.2, 0.25) is 0 Å². The van der Waals surface area contributed by atoms with Crippen LogP contribution in [0, 0.1) is 0 Å². The average Bonchev–Trinajstić information content (AvgIpc) is 2.89. The van der Waals surface area contributed by atoms with Crippen LogP contribution in [0.4, 0.5) is 0 Å². The maximum Gasteiger partial charge on any atom is 0.0951 e. The molecular weight excluding hydrogens is 230 g/mol. The fraction of sp³-hybridized carbons (Fsp3) is 0.462. The monoisotopic (exact) mass is 247 g/mol. The van der Waals surface area contributed by atoms with E-state index in [9.17, 15) is 0 Å². The number of hydrogen-bond acceptors (Lipinski definition) is 3. The summed E-state index contributed by atoms with van der Waals surface area (Å²) in [4.78, 5) is 5.69. The Bertz CT molecular complexity index is 457. The summed E-state index contributed by atoms with van der Waals surface area (Å²) in [6, 6.07) is 5.04. The number of hydrogen-bond donors (Lipinski definition) is 1. The summed E-state index contributed by atoms with van der Waals surface area (Å²) in [5, 5.41) is 5.63. The van der Waals surface area contributed by atoms with E-state index in [1.54, 1.807) is 0 Å². The zero-order valence-corrected chi connectivity index (χ0v) is 10.6. The SMILES string of the molecule is c1csc(CCNCc2cncn2C2CC2)c1. The summed E-state index contributed by atoms with van der Waals surface area (Å²) in [6.07, 6.45) is 7.71. The largest absolute Gasteiger partial charge is 0.330 e. The van der Waals surface area contributed by atoms with Gasteiger partial charge in [-0.15, -0.1) is 11.3 Å². The van der Waals surface area contributed by atoms with Crippen molar-refractivity contribution in [1.29, 1.82) is 0 Å². The van der Waals surface area contributed by atoms with Crippen molar-refractivity contribution in [3.8, 4) is 0 Å². The minimum absolute atomic E-state index is 0.728. The molecule has 3 nitrogen and oxygen atoms in total. The van der Waals surface area contributed by atoms with E-state index in [1.807, 2.05) is 23.9 Å².